The van der Waals surface area contributed by atoms with Gasteiger partial charge in [-0.3, -0.25) is 9.59 Å². The summed E-state index contributed by atoms with van der Waals surface area (Å²) in [6.07, 6.45) is 1.25. The number of benzene rings is 3. The number of hydrogen-bond acceptors (Lipinski definition) is 3. The van der Waals surface area contributed by atoms with E-state index in [1.54, 1.807) is 24.1 Å². The van der Waals surface area contributed by atoms with Crippen molar-refractivity contribution >= 4 is 11.8 Å². The minimum Gasteiger partial charge on any atom is -0.497 e. The van der Waals surface area contributed by atoms with Crippen molar-refractivity contribution in [2.45, 2.75) is 38.8 Å². The molecule has 0 aliphatic rings. The van der Waals surface area contributed by atoms with Crippen LogP contribution in [0.2, 0.25) is 0 Å². The molecule has 0 fully saturated rings. The lowest BCUT2D eigenvalue weighted by Crippen LogP contribution is -2.51. The van der Waals surface area contributed by atoms with E-state index in [1.807, 2.05) is 61.5 Å². The van der Waals surface area contributed by atoms with Gasteiger partial charge in [-0.25, -0.2) is 4.39 Å². The highest BCUT2D eigenvalue weighted by Crippen LogP contribution is 2.19. The maximum absolute atomic E-state index is 13.6. The second-order valence-corrected chi connectivity index (χ2v) is 8.17. The molecule has 6 heteroatoms. The molecule has 0 aromatic heterocycles. The van der Waals surface area contributed by atoms with Crippen LogP contribution in [0.3, 0.4) is 0 Å². The molecule has 3 rings (SSSR count). The second-order valence-electron chi connectivity index (χ2n) is 8.17. The average molecular weight is 463 g/mol. The third-order valence-electron chi connectivity index (χ3n) is 5.58. The van der Waals surface area contributed by atoms with Gasteiger partial charge >= 0.3 is 0 Å². The van der Waals surface area contributed by atoms with Crippen molar-refractivity contribution < 1.29 is 18.7 Å². The van der Waals surface area contributed by atoms with Gasteiger partial charge in [0.15, 0.2) is 0 Å². The molecule has 0 heterocycles. The van der Waals surface area contributed by atoms with Crippen molar-refractivity contribution in [3.8, 4) is 5.75 Å². The zero-order valence-corrected chi connectivity index (χ0v) is 19.7. The van der Waals surface area contributed by atoms with Crippen LogP contribution in [0.1, 0.15) is 30.0 Å². The van der Waals surface area contributed by atoms with E-state index in [1.165, 1.54) is 12.1 Å². The van der Waals surface area contributed by atoms with Crippen LogP contribution in [0, 0.1) is 5.82 Å². The summed E-state index contributed by atoms with van der Waals surface area (Å²) in [5.74, 6) is -0.0770. The standard InChI is InChI=1S/C28H31FN2O3/c1-3-16-30-28(33)26(18-21-8-5-4-6-9-21)31(20-23-10-7-11-25(17-23)34-2)27(32)19-22-12-14-24(29)15-13-22/h4-15,17,26H,3,16,18-20H2,1-2H3,(H,30,33)/t26-/m0/s1. The number of rotatable bonds is 11. The summed E-state index contributed by atoms with van der Waals surface area (Å²) in [6, 6.07) is 22.3. The minimum absolute atomic E-state index is 0.0661. The Balaban J connectivity index is 1.95. The fraction of sp³-hybridized carbons (Fsp3) is 0.286. The summed E-state index contributed by atoms with van der Waals surface area (Å²) in [7, 11) is 1.59. The molecule has 3 aromatic carbocycles. The molecule has 0 saturated carbocycles. The molecule has 0 spiro atoms. The zero-order chi connectivity index (χ0) is 24.3. The quantitative estimate of drug-likeness (QED) is 0.455. The first-order valence-electron chi connectivity index (χ1n) is 11.5. The first kappa shape index (κ1) is 25.0. The molecule has 2 amide bonds. The SMILES string of the molecule is CCCNC(=O)[C@H](Cc1ccccc1)N(Cc1cccc(OC)c1)C(=O)Cc1ccc(F)cc1. The fourth-order valence-corrected chi connectivity index (χ4v) is 3.77. The zero-order valence-electron chi connectivity index (χ0n) is 19.7. The number of hydrogen-bond donors (Lipinski definition) is 1. The predicted octanol–water partition coefficient (Wildman–Crippen LogP) is 4.54. The fourth-order valence-electron chi connectivity index (χ4n) is 3.77. The molecule has 178 valence electrons. The Morgan fingerprint density at radius 3 is 2.32 bits per heavy atom. The van der Waals surface area contributed by atoms with Crippen LogP contribution in [0.25, 0.3) is 0 Å². The van der Waals surface area contributed by atoms with Gasteiger partial charge in [0.2, 0.25) is 11.8 Å². The highest BCUT2D eigenvalue weighted by molar-refractivity contribution is 5.88. The monoisotopic (exact) mass is 462 g/mol. The Kier molecular flexibility index (Phi) is 9.21. The van der Waals surface area contributed by atoms with Gasteiger partial charge in [-0.05, 0) is 47.4 Å². The van der Waals surface area contributed by atoms with Crippen LogP contribution < -0.4 is 10.1 Å². The number of amides is 2. The van der Waals surface area contributed by atoms with Crippen molar-refractivity contribution in [1.29, 1.82) is 0 Å². The van der Waals surface area contributed by atoms with Crippen LogP contribution in [0.5, 0.6) is 5.75 Å². The summed E-state index contributed by atoms with van der Waals surface area (Å²) < 4.78 is 18.7. The molecule has 5 nitrogen and oxygen atoms in total. The molecule has 0 aliphatic heterocycles. The van der Waals surface area contributed by atoms with E-state index in [-0.39, 0.29) is 30.6 Å². The van der Waals surface area contributed by atoms with Gasteiger partial charge in [-0.2, -0.15) is 0 Å². The van der Waals surface area contributed by atoms with Crippen LogP contribution in [0.4, 0.5) is 4.39 Å². The summed E-state index contributed by atoms with van der Waals surface area (Å²) in [5.41, 5.74) is 2.51. The van der Waals surface area contributed by atoms with E-state index in [0.717, 1.165) is 17.5 Å². The Labute approximate surface area is 200 Å². The Bertz CT molecular complexity index is 1070. The molecular formula is C28H31FN2O3. The van der Waals surface area contributed by atoms with Gasteiger partial charge < -0.3 is 15.0 Å². The number of carbonyl (C=O) groups is 2. The first-order chi connectivity index (χ1) is 16.5. The number of methoxy groups -OCH3 is 1. The number of nitrogens with one attached hydrogen (secondary N) is 1. The Morgan fingerprint density at radius 2 is 1.65 bits per heavy atom. The average Bonchev–Trinajstić information content (AvgIpc) is 2.86. The van der Waals surface area contributed by atoms with E-state index in [2.05, 4.69) is 5.32 Å². The van der Waals surface area contributed by atoms with Crippen LogP contribution in [0.15, 0.2) is 78.9 Å². The number of nitrogens with zero attached hydrogens (tertiary/aromatic N) is 1. The summed E-state index contributed by atoms with van der Waals surface area (Å²) in [5, 5.41) is 2.96. The smallest absolute Gasteiger partial charge is 0.243 e. The van der Waals surface area contributed by atoms with Crippen LogP contribution >= 0.6 is 0 Å². The molecule has 0 aliphatic carbocycles. The van der Waals surface area contributed by atoms with E-state index in [0.29, 0.717) is 24.3 Å². The topological polar surface area (TPSA) is 58.6 Å². The molecule has 0 saturated heterocycles. The lowest BCUT2D eigenvalue weighted by molar-refractivity contribution is -0.140. The van der Waals surface area contributed by atoms with Crippen molar-refractivity contribution in [3.05, 3.63) is 101 Å². The van der Waals surface area contributed by atoms with Crippen molar-refractivity contribution in [3.63, 3.8) is 0 Å². The van der Waals surface area contributed by atoms with Gasteiger partial charge in [0.1, 0.15) is 17.6 Å². The molecule has 3 aromatic rings. The number of ether oxygens (including phenoxy) is 1. The molecule has 1 N–H and O–H groups in total. The van der Waals surface area contributed by atoms with Gasteiger partial charge in [0, 0.05) is 19.5 Å². The van der Waals surface area contributed by atoms with Gasteiger partial charge in [-0.1, -0.05) is 61.5 Å². The maximum Gasteiger partial charge on any atom is 0.243 e. The lowest BCUT2D eigenvalue weighted by atomic mass is 10.0. The maximum atomic E-state index is 13.6. The van der Waals surface area contributed by atoms with E-state index in [9.17, 15) is 14.0 Å². The van der Waals surface area contributed by atoms with Gasteiger partial charge in [0.25, 0.3) is 0 Å². The number of halogens is 1. The predicted molar refractivity (Wildman–Crippen MR) is 131 cm³/mol. The molecule has 0 radical (unpaired) electrons. The largest absolute Gasteiger partial charge is 0.497 e. The minimum atomic E-state index is -0.701. The van der Waals surface area contributed by atoms with E-state index >= 15 is 0 Å². The number of carbonyl (C=O) groups excluding carboxylic acids is 2. The molecule has 34 heavy (non-hydrogen) atoms. The van der Waals surface area contributed by atoms with Crippen molar-refractivity contribution in [1.82, 2.24) is 10.2 Å². The summed E-state index contributed by atoms with van der Waals surface area (Å²) in [4.78, 5) is 28.5. The summed E-state index contributed by atoms with van der Waals surface area (Å²) >= 11 is 0. The van der Waals surface area contributed by atoms with Crippen molar-refractivity contribution in [2.75, 3.05) is 13.7 Å². The van der Waals surface area contributed by atoms with Gasteiger partial charge in [-0.15, -0.1) is 0 Å². The summed E-state index contributed by atoms with van der Waals surface area (Å²) in [6.45, 7) is 2.76. The van der Waals surface area contributed by atoms with E-state index < -0.39 is 6.04 Å². The normalized spacial score (nSPS) is 11.5. The Hall–Kier alpha value is -3.67. The third kappa shape index (κ3) is 7.17. The Morgan fingerprint density at radius 1 is 0.941 bits per heavy atom. The van der Waals surface area contributed by atoms with E-state index in [4.69, 9.17) is 4.74 Å². The third-order valence-corrected chi connectivity index (χ3v) is 5.58. The molecule has 0 bridgehead atoms. The second kappa shape index (κ2) is 12.5. The van der Waals surface area contributed by atoms with Crippen molar-refractivity contribution in [2.24, 2.45) is 0 Å². The highest BCUT2D eigenvalue weighted by atomic mass is 19.1. The lowest BCUT2D eigenvalue weighted by Gasteiger charge is -2.32. The van der Waals surface area contributed by atoms with Gasteiger partial charge in [0.05, 0.1) is 13.5 Å². The van der Waals surface area contributed by atoms with Crippen LogP contribution in [-0.2, 0) is 29.0 Å². The molecule has 1 atom stereocenters. The molecular weight excluding hydrogens is 431 g/mol. The van der Waals surface area contributed by atoms with Crippen LogP contribution in [-0.4, -0.2) is 36.4 Å². The molecule has 0 unspecified atom stereocenters. The highest BCUT2D eigenvalue weighted by Gasteiger charge is 2.30. The first-order valence-corrected chi connectivity index (χ1v) is 11.5.